The minimum Gasteiger partial charge on any atom is -0.478 e. The molecule has 0 radical (unpaired) electrons. The molecule has 0 fully saturated rings. The second kappa shape index (κ2) is 8.44. The van der Waals surface area contributed by atoms with Crippen molar-refractivity contribution in [1.82, 2.24) is 4.98 Å². The normalized spacial score (nSPS) is 10.3. The van der Waals surface area contributed by atoms with Gasteiger partial charge in [-0.2, -0.15) is 0 Å². The molecule has 5 heteroatoms. The van der Waals surface area contributed by atoms with Gasteiger partial charge in [0.15, 0.2) is 0 Å². The minimum atomic E-state index is -0.468. The Morgan fingerprint density at radius 1 is 1.22 bits per heavy atom. The summed E-state index contributed by atoms with van der Waals surface area (Å²) in [6, 6.07) is 2.94. The highest BCUT2D eigenvalue weighted by Gasteiger charge is 2.05. The van der Waals surface area contributed by atoms with Gasteiger partial charge in [0.2, 0.25) is 5.88 Å². The van der Waals surface area contributed by atoms with E-state index in [1.54, 1.807) is 0 Å². The molecule has 0 aromatic carbocycles. The van der Waals surface area contributed by atoms with Crippen molar-refractivity contribution in [2.45, 2.75) is 45.4 Å². The van der Waals surface area contributed by atoms with Crippen molar-refractivity contribution in [2.24, 2.45) is 0 Å². The number of pyridine rings is 1. The van der Waals surface area contributed by atoms with Gasteiger partial charge in [-0.25, -0.2) is 4.98 Å². The van der Waals surface area contributed by atoms with E-state index in [9.17, 15) is 10.1 Å². The molecule has 0 saturated carbocycles. The highest BCUT2D eigenvalue weighted by molar-refractivity contribution is 5.28. The molecule has 100 valence electrons. The molecule has 0 unspecified atom stereocenters. The molecule has 0 N–H and O–H groups in total. The van der Waals surface area contributed by atoms with Crippen LogP contribution in [-0.2, 0) is 0 Å². The molecule has 0 spiro atoms. The Morgan fingerprint density at radius 2 is 1.94 bits per heavy atom. The quantitative estimate of drug-likeness (QED) is 0.381. The van der Waals surface area contributed by atoms with Crippen molar-refractivity contribution in [3.05, 3.63) is 28.4 Å². The maximum atomic E-state index is 10.4. The second-order valence-corrected chi connectivity index (χ2v) is 4.23. The third-order valence-electron chi connectivity index (χ3n) is 2.68. The van der Waals surface area contributed by atoms with Crippen molar-refractivity contribution in [2.75, 3.05) is 6.61 Å². The fraction of sp³-hybridized carbons (Fsp3) is 0.615. The first-order valence-electron chi connectivity index (χ1n) is 6.47. The van der Waals surface area contributed by atoms with E-state index < -0.39 is 4.92 Å². The monoisotopic (exact) mass is 252 g/mol. The van der Waals surface area contributed by atoms with E-state index in [0.717, 1.165) is 12.8 Å². The van der Waals surface area contributed by atoms with Crippen LogP contribution in [0.1, 0.15) is 45.4 Å². The molecule has 0 aliphatic heterocycles. The van der Waals surface area contributed by atoms with E-state index in [1.165, 1.54) is 44.0 Å². The molecule has 1 aromatic rings. The number of ether oxygens (including phenoxy) is 1. The summed E-state index contributed by atoms with van der Waals surface area (Å²) in [6.07, 6.45) is 8.46. The zero-order valence-corrected chi connectivity index (χ0v) is 10.8. The molecule has 0 aliphatic carbocycles. The lowest BCUT2D eigenvalue weighted by Gasteiger charge is -2.04. The van der Waals surface area contributed by atoms with Crippen LogP contribution in [-0.4, -0.2) is 16.5 Å². The molecule has 0 saturated heterocycles. The maximum Gasteiger partial charge on any atom is 0.287 e. The Morgan fingerprint density at radius 3 is 2.56 bits per heavy atom. The summed E-state index contributed by atoms with van der Waals surface area (Å²) in [7, 11) is 0. The number of nitro groups is 1. The number of hydrogen-bond donors (Lipinski definition) is 0. The average molecular weight is 252 g/mol. The lowest BCUT2D eigenvalue weighted by molar-refractivity contribution is -0.385. The van der Waals surface area contributed by atoms with Gasteiger partial charge in [-0.3, -0.25) is 10.1 Å². The molecule has 5 nitrogen and oxygen atoms in total. The fourth-order valence-electron chi connectivity index (χ4n) is 1.62. The summed E-state index contributed by atoms with van der Waals surface area (Å²) < 4.78 is 5.41. The number of rotatable bonds is 9. The molecule has 1 rings (SSSR count). The Kier molecular flexibility index (Phi) is 6.76. The first kappa shape index (κ1) is 14.4. The standard InChI is InChI=1S/C13H20N2O3/c1-2-3-4-5-6-7-10-18-13-9-8-12(11-14-13)15(16)17/h8-9,11H,2-7,10H2,1H3. The van der Waals surface area contributed by atoms with E-state index in [0.29, 0.717) is 12.5 Å². The minimum absolute atomic E-state index is 0.0121. The predicted octanol–water partition coefficient (Wildman–Crippen LogP) is 3.73. The molecular weight excluding hydrogens is 232 g/mol. The van der Waals surface area contributed by atoms with Gasteiger partial charge in [-0.1, -0.05) is 39.0 Å². The summed E-state index contributed by atoms with van der Waals surface area (Å²) in [5.41, 5.74) is -0.0121. The Labute approximate surface area is 107 Å². The zero-order chi connectivity index (χ0) is 13.2. The van der Waals surface area contributed by atoms with Crippen LogP contribution >= 0.6 is 0 Å². The summed E-state index contributed by atoms with van der Waals surface area (Å²) in [5, 5.41) is 10.4. The van der Waals surface area contributed by atoms with Gasteiger partial charge in [0.05, 0.1) is 11.5 Å². The average Bonchev–Trinajstić information content (AvgIpc) is 2.38. The van der Waals surface area contributed by atoms with Crippen LogP contribution in [0, 0.1) is 10.1 Å². The highest BCUT2D eigenvalue weighted by atomic mass is 16.6. The molecule has 0 atom stereocenters. The topological polar surface area (TPSA) is 65.3 Å². The highest BCUT2D eigenvalue weighted by Crippen LogP contribution is 2.14. The molecule has 18 heavy (non-hydrogen) atoms. The van der Waals surface area contributed by atoms with Crippen molar-refractivity contribution in [1.29, 1.82) is 0 Å². The lowest BCUT2D eigenvalue weighted by Crippen LogP contribution is -1.99. The van der Waals surface area contributed by atoms with Crippen molar-refractivity contribution in [3.63, 3.8) is 0 Å². The van der Waals surface area contributed by atoms with E-state index >= 15 is 0 Å². The van der Waals surface area contributed by atoms with Crippen LogP contribution in [0.3, 0.4) is 0 Å². The molecule has 1 heterocycles. The number of nitrogens with zero attached hydrogens (tertiary/aromatic N) is 2. The number of hydrogen-bond acceptors (Lipinski definition) is 4. The third kappa shape index (κ3) is 5.61. The van der Waals surface area contributed by atoms with Crippen LogP contribution in [0.5, 0.6) is 5.88 Å². The van der Waals surface area contributed by atoms with E-state index in [-0.39, 0.29) is 5.69 Å². The van der Waals surface area contributed by atoms with Crippen LogP contribution in [0.15, 0.2) is 18.3 Å². The predicted molar refractivity (Wildman–Crippen MR) is 69.8 cm³/mol. The number of unbranched alkanes of at least 4 members (excludes halogenated alkanes) is 5. The number of aromatic nitrogens is 1. The van der Waals surface area contributed by atoms with Crippen LogP contribution < -0.4 is 4.74 Å². The van der Waals surface area contributed by atoms with Gasteiger partial charge in [-0.05, 0) is 6.42 Å². The summed E-state index contributed by atoms with van der Waals surface area (Å²) in [5.74, 6) is 0.453. The first-order chi connectivity index (χ1) is 8.74. The zero-order valence-electron chi connectivity index (χ0n) is 10.8. The summed E-state index contributed by atoms with van der Waals surface area (Å²) in [4.78, 5) is 13.8. The molecule has 0 amide bonds. The van der Waals surface area contributed by atoms with Crippen LogP contribution in [0.4, 0.5) is 5.69 Å². The first-order valence-corrected chi connectivity index (χ1v) is 6.47. The van der Waals surface area contributed by atoms with Gasteiger partial charge < -0.3 is 4.74 Å². The summed E-state index contributed by atoms with van der Waals surface area (Å²) >= 11 is 0. The van der Waals surface area contributed by atoms with Crippen molar-refractivity contribution < 1.29 is 9.66 Å². The fourth-order valence-corrected chi connectivity index (χ4v) is 1.62. The van der Waals surface area contributed by atoms with E-state index in [4.69, 9.17) is 4.74 Å². The van der Waals surface area contributed by atoms with Crippen LogP contribution in [0.2, 0.25) is 0 Å². The smallest absolute Gasteiger partial charge is 0.287 e. The van der Waals surface area contributed by atoms with E-state index in [1.807, 2.05) is 0 Å². The summed E-state index contributed by atoms with van der Waals surface area (Å²) in [6.45, 7) is 2.82. The second-order valence-electron chi connectivity index (χ2n) is 4.23. The molecule has 0 bridgehead atoms. The van der Waals surface area contributed by atoms with Gasteiger partial charge in [0.1, 0.15) is 6.20 Å². The Balaban J connectivity index is 2.14. The Hall–Kier alpha value is -1.65. The van der Waals surface area contributed by atoms with Crippen LogP contribution in [0.25, 0.3) is 0 Å². The van der Waals surface area contributed by atoms with Crippen molar-refractivity contribution >= 4 is 5.69 Å². The molecule has 1 aromatic heterocycles. The maximum absolute atomic E-state index is 10.4. The SMILES string of the molecule is CCCCCCCCOc1ccc([N+](=O)[O-])cn1. The molecule has 0 aliphatic rings. The molecular formula is C13H20N2O3. The third-order valence-corrected chi connectivity index (χ3v) is 2.68. The largest absolute Gasteiger partial charge is 0.478 e. The van der Waals surface area contributed by atoms with E-state index in [2.05, 4.69) is 11.9 Å². The van der Waals surface area contributed by atoms with Gasteiger partial charge in [0.25, 0.3) is 5.69 Å². The van der Waals surface area contributed by atoms with Gasteiger partial charge in [0, 0.05) is 12.1 Å². The lowest BCUT2D eigenvalue weighted by atomic mass is 10.1. The van der Waals surface area contributed by atoms with Gasteiger partial charge in [-0.15, -0.1) is 0 Å². The van der Waals surface area contributed by atoms with Crippen molar-refractivity contribution in [3.8, 4) is 5.88 Å². The Bertz CT molecular complexity index is 352. The van der Waals surface area contributed by atoms with Gasteiger partial charge >= 0.3 is 0 Å².